The number of carbonyl (C=O) groups excluding carboxylic acids is 1. The number of amides is 1. The van der Waals surface area contributed by atoms with Crippen LogP contribution in [0, 0.1) is 0 Å². The molecule has 4 rings (SSSR count). The van der Waals surface area contributed by atoms with Crippen molar-refractivity contribution in [1.29, 1.82) is 0 Å². The molecule has 1 amide bonds. The summed E-state index contributed by atoms with van der Waals surface area (Å²) in [5.74, 6) is -0.117. The van der Waals surface area contributed by atoms with Crippen LogP contribution in [0.1, 0.15) is 28.4 Å². The molecule has 3 aromatic rings. The first kappa shape index (κ1) is 22.6. The fourth-order valence-electron chi connectivity index (χ4n) is 4.01. The summed E-state index contributed by atoms with van der Waals surface area (Å²) in [5, 5.41) is 0.777. The summed E-state index contributed by atoms with van der Waals surface area (Å²) in [7, 11) is -3.63. The summed E-state index contributed by atoms with van der Waals surface area (Å²) < 4.78 is 26.3. The average Bonchev–Trinajstić information content (AvgIpc) is 3.08. The zero-order chi connectivity index (χ0) is 23.0. The topological polar surface area (TPSA) is 57.7 Å². The molecule has 0 radical (unpaired) electrons. The van der Waals surface area contributed by atoms with Crippen LogP contribution in [0.3, 0.4) is 0 Å². The van der Waals surface area contributed by atoms with E-state index >= 15 is 0 Å². The first-order chi connectivity index (χ1) is 15.2. The van der Waals surface area contributed by atoms with Gasteiger partial charge in [0.1, 0.15) is 0 Å². The van der Waals surface area contributed by atoms with Gasteiger partial charge in [-0.15, -0.1) is 0 Å². The van der Waals surface area contributed by atoms with Crippen molar-refractivity contribution in [1.82, 2.24) is 0 Å². The standard InChI is InChI=1S/C24H22Cl2N2O3S/c1-16-14-18-6-3-4-9-23(18)28(16)24(29)17-10-12-19(13-11-17)27(32(2,30)31)15-20-21(25)7-5-8-22(20)26/h3-13,16H,14-15H2,1-2H3. The third-order valence-electron chi connectivity index (χ3n) is 5.59. The number of benzene rings is 3. The normalized spacial score (nSPS) is 15.5. The average molecular weight is 489 g/mol. The fourth-order valence-corrected chi connectivity index (χ4v) is 5.40. The molecule has 1 atom stereocenters. The van der Waals surface area contributed by atoms with E-state index in [9.17, 15) is 13.2 Å². The van der Waals surface area contributed by atoms with Crippen LogP contribution in [0.5, 0.6) is 0 Å². The SMILES string of the molecule is CC1Cc2ccccc2N1C(=O)c1ccc(N(Cc2c(Cl)cccc2Cl)S(C)(=O)=O)cc1. The van der Waals surface area contributed by atoms with E-state index in [-0.39, 0.29) is 18.5 Å². The minimum absolute atomic E-state index is 0.0127. The number of hydrogen-bond donors (Lipinski definition) is 0. The Hall–Kier alpha value is -2.54. The number of rotatable bonds is 5. The van der Waals surface area contributed by atoms with E-state index in [1.54, 1.807) is 47.4 Å². The van der Waals surface area contributed by atoms with Crippen LogP contribution < -0.4 is 9.21 Å². The number of halogens is 2. The van der Waals surface area contributed by atoms with E-state index in [1.165, 1.54) is 4.31 Å². The molecule has 1 aliphatic rings. The van der Waals surface area contributed by atoms with E-state index in [0.717, 1.165) is 23.9 Å². The summed E-state index contributed by atoms with van der Waals surface area (Å²) in [6.07, 6.45) is 1.93. The number of nitrogens with zero attached hydrogens (tertiary/aromatic N) is 2. The molecular weight excluding hydrogens is 467 g/mol. The highest BCUT2D eigenvalue weighted by Gasteiger charge is 2.31. The minimum atomic E-state index is -3.63. The Bertz CT molecular complexity index is 1260. The third kappa shape index (κ3) is 4.35. The second-order valence-electron chi connectivity index (χ2n) is 7.87. The van der Waals surface area contributed by atoms with E-state index in [1.807, 2.05) is 31.2 Å². The van der Waals surface area contributed by atoms with Gasteiger partial charge in [-0.25, -0.2) is 8.42 Å². The lowest BCUT2D eigenvalue weighted by atomic mass is 10.1. The third-order valence-corrected chi connectivity index (χ3v) is 7.44. The maximum absolute atomic E-state index is 13.2. The van der Waals surface area contributed by atoms with Gasteiger partial charge in [0.2, 0.25) is 10.0 Å². The van der Waals surface area contributed by atoms with Gasteiger partial charge in [0.15, 0.2) is 0 Å². The van der Waals surface area contributed by atoms with Gasteiger partial charge in [0.25, 0.3) is 5.91 Å². The first-order valence-electron chi connectivity index (χ1n) is 10.1. The Labute approximate surface area is 198 Å². The van der Waals surface area contributed by atoms with Crippen LogP contribution in [0.4, 0.5) is 11.4 Å². The fraction of sp³-hybridized carbons (Fsp3) is 0.208. The van der Waals surface area contributed by atoms with E-state index in [2.05, 4.69) is 0 Å². The van der Waals surface area contributed by atoms with Crippen LogP contribution in [0.15, 0.2) is 66.7 Å². The van der Waals surface area contributed by atoms with Gasteiger partial charge in [0, 0.05) is 32.9 Å². The lowest BCUT2D eigenvalue weighted by Crippen LogP contribution is -2.35. The molecule has 166 valence electrons. The summed E-state index contributed by atoms with van der Waals surface area (Å²) in [6, 6.07) is 19.5. The maximum Gasteiger partial charge on any atom is 0.258 e. The Morgan fingerprint density at radius 3 is 2.25 bits per heavy atom. The van der Waals surface area contributed by atoms with Crippen molar-refractivity contribution in [3.63, 3.8) is 0 Å². The van der Waals surface area contributed by atoms with Crippen LogP contribution in [0.25, 0.3) is 0 Å². The Morgan fingerprint density at radius 1 is 1.00 bits per heavy atom. The summed E-state index contributed by atoms with van der Waals surface area (Å²) in [5.41, 5.74) is 3.49. The molecule has 1 unspecified atom stereocenters. The molecule has 0 spiro atoms. The molecule has 1 aliphatic heterocycles. The largest absolute Gasteiger partial charge is 0.305 e. The number of anilines is 2. The Balaban J connectivity index is 1.63. The lowest BCUT2D eigenvalue weighted by Gasteiger charge is -2.25. The van der Waals surface area contributed by atoms with Gasteiger partial charge >= 0.3 is 0 Å². The number of para-hydroxylation sites is 1. The van der Waals surface area contributed by atoms with Gasteiger partial charge in [-0.3, -0.25) is 9.10 Å². The second-order valence-corrected chi connectivity index (χ2v) is 10.6. The van der Waals surface area contributed by atoms with Crippen molar-refractivity contribution in [3.8, 4) is 0 Å². The predicted octanol–water partition coefficient (Wildman–Crippen LogP) is 5.55. The van der Waals surface area contributed by atoms with Crippen molar-refractivity contribution in [2.45, 2.75) is 25.9 Å². The zero-order valence-electron chi connectivity index (χ0n) is 17.6. The Kier molecular flexibility index (Phi) is 6.21. The molecular formula is C24H22Cl2N2O3S. The molecule has 0 aliphatic carbocycles. The summed E-state index contributed by atoms with van der Waals surface area (Å²) in [6.45, 7) is 2.01. The van der Waals surface area contributed by atoms with Crippen LogP contribution in [-0.2, 0) is 23.0 Å². The Morgan fingerprint density at radius 2 is 1.62 bits per heavy atom. The summed E-state index contributed by atoms with van der Waals surface area (Å²) >= 11 is 12.5. The molecule has 3 aromatic carbocycles. The molecule has 8 heteroatoms. The van der Waals surface area contributed by atoms with Crippen molar-refractivity contribution in [2.24, 2.45) is 0 Å². The highest BCUT2D eigenvalue weighted by atomic mass is 35.5. The molecule has 1 heterocycles. The molecule has 5 nitrogen and oxygen atoms in total. The highest BCUT2D eigenvalue weighted by Crippen LogP contribution is 2.34. The van der Waals surface area contributed by atoms with Gasteiger partial charge in [-0.1, -0.05) is 47.5 Å². The monoisotopic (exact) mass is 488 g/mol. The first-order valence-corrected chi connectivity index (χ1v) is 12.7. The molecule has 0 bridgehead atoms. The molecule has 0 aromatic heterocycles. The second kappa shape index (κ2) is 8.77. The van der Waals surface area contributed by atoms with Crippen molar-refractivity contribution in [3.05, 3.63) is 93.5 Å². The van der Waals surface area contributed by atoms with Crippen LogP contribution >= 0.6 is 23.2 Å². The number of sulfonamides is 1. The van der Waals surface area contributed by atoms with Crippen molar-refractivity contribution < 1.29 is 13.2 Å². The smallest absolute Gasteiger partial charge is 0.258 e. The molecule has 0 fully saturated rings. The van der Waals surface area contributed by atoms with E-state index in [4.69, 9.17) is 23.2 Å². The quantitative estimate of drug-likeness (QED) is 0.472. The number of hydrogen-bond acceptors (Lipinski definition) is 3. The van der Waals surface area contributed by atoms with E-state index < -0.39 is 10.0 Å². The van der Waals surface area contributed by atoms with Crippen LogP contribution in [0.2, 0.25) is 10.0 Å². The van der Waals surface area contributed by atoms with Crippen LogP contribution in [-0.4, -0.2) is 26.6 Å². The van der Waals surface area contributed by atoms with Crippen molar-refractivity contribution in [2.75, 3.05) is 15.5 Å². The van der Waals surface area contributed by atoms with Gasteiger partial charge in [0.05, 0.1) is 18.5 Å². The van der Waals surface area contributed by atoms with Gasteiger partial charge in [-0.05, 0) is 61.4 Å². The van der Waals surface area contributed by atoms with Gasteiger partial charge in [-0.2, -0.15) is 0 Å². The van der Waals surface area contributed by atoms with Gasteiger partial charge < -0.3 is 4.90 Å². The van der Waals surface area contributed by atoms with E-state index in [0.29, 0.717) is 26.9 Å². The minimum Gasteiger partial charge on any atom is -0.305 e. The predicted molar refractivity (Wildman–Crippen MR) is 130 cm³/mol. The number of carbonyl (C=O) groups is 1. The lowest BCUT2D eigenvalue weighted by molar-refractivity contribution is 0.0981. The molecule has 32 heavy (non-hydrogen) atoms. The molecule has 0 N–H and O–H groups in total. The number of fused-ring (bicyclic) bond motifs is 1. The van der Waals surface area contributed by atoms with Crippen molar-refractivity contribution >= 4 is 50.5 Å². The summed E-state index contributed by atoms with van der Waals surface area (Å²) in [4.78, 5) is 15.0. The zero-order valence-corrected chi connectivity index (χ0v) is 20.0. The molecule has 0 saturated heterocycles. The molecule has 0 saturated carbocycles. The maximum atomic E-state index is 13.2. The highest BCUT2D eigenvalue weighted by molar-refractivity contribution is 7.92.